The van der Waals surface area contributed by atoms with Gasteiger partial charge in [-0.15, -0.1) is 11.6 Å². The molecule has 1 unspecified atom stereocenters. The molecule has 1 nitrogen and oxygen atoms in total. The van der Waals surface area contributed by atoms with Crippen LogP contribution in [0.5, 0.6) is 0 Å². The van der Waals surface area contributed by atoms with E-state index in [1.54, 1.807) is 0 Å². The summed E-state index contributed by atoms with van der Waals surface area (Å²) in [5.41, 5.74) is 2.45. The fourth-order valence-electron chi connectivity index (χ4n) is 1.24. The maximum Gasteiger partial charge on any atom is 0.0671 e. The summed E-state index contributed by atoms with van der Waals surface area (Å²) in [6.07, 6.45) is 0.757. The Morgan fingerprint density at radius 1 is 1.46 bits per heavy atom. The first-order chi connectivity index (χ1) is 6.27. The molecule has 0 aromatic heterocycles. The molecule has 68 valence electrons. The van der Waals surface area contributed by atoms with E-state index in [1.807, 2.05) is 18.2 Å². The van der Waals surface area contributed by atoms with Crippen LogP contribution in [-0.2, 0) is 6.42 Å². The Bertz CT molecular complexity index is 314. The van der Waals surface area contributed by atoms with E-state index in [0.717, 1.165) is 6.42 Å². The minimum atomic E-state index is -0.0669. The van der Waals surface area contributed by atoms with Gasteiger partial charge in [0.1, 0.15) is 0 Å². The summed E-state index contributed by atoms with van der Waals surface area (Å²) in [7, 11) is 0. The molecule has 2 heteroatoms. The maximum absolute atomic E-state index is 8.74. The highest BCUT2D eigenvalue weighted by molar-refractivity contribution is 6.18. The predicted octanol–water partition coefficient (Wildman–Crippen LogP) is 2.92. The first kappa shape index (κ1) is 10.1. The van der Waals surface area contributed by atoms with Crippen molar-refractivity contribution in [3.05, 3.63) is 35.4 Å². The average molecular weight is 194 g/mol. The molecular formula is C11H12ClN. The van der Waals surface area contributed by atoms with Crippen molar-refractivity contribution in [1.29, 1.82) is 5.26 Å². The summed E-state index contributed by atoms with van der Waals surface area (Å²) in [5.74, 6) is 0.341. The fourth-order valence-corrected chi connectivity index (χ4v) is 1.42. The molecule has 0 saturated heterocycles. The summed E-state index contributed by atoms with van der Waals surface area (Å²) >= 11 is 5.65. The molecular weight excluding hydrogens is 182 g/mol. The quantitative estimate of drug-likeness (QED) is 0.678. The largest absolute Gasteiger partial charge is 0.198 e. The van der Waals surface area contributed by atoms with Crippen molar-refractivity contribution in [2.45, 2.75) is 13.3 Å². The van der Waals surface area contributed by atoms with Crippen molar-refractivity contribution >= 4 is 11.6 Å². The van der Waals surface area contributed by atoms with Gasteiger partial charge in [0.2, 0.25) is 0 Å². The van der Waals surface area contributed by atoms with Crippen LogP contribution in [0.25, 0.3) is 0 Å². The predicted molar refractivity (Wildman–Crippen MR) is 54.7 cm³/mol. The zero-order chi connectivity index (χ0) is 9.68. The topological polar surface area (TPSA) is 23.8 Å². The van der Waals surface area contributed by atoms with Gasteiger partial charge in [0, 0.05) is 5.88 Å². The molecule has 0 bridgehead atoms. The van der Waals surface area contributed by atoms with Gasteiger partial charge >= 0.3 is 0 Å². The molecule has 1 aromatic rings. The molecule has 0 amide bonds. The molecule has 0 fully saturated rings. The first-order valence-corrected chi connectivity index (χ1v) is 4.81. The molecule has 1 rings (SSSR count). The zero-order valence-electron chi connectivity index (χ0n) is 7.63. The Morgan fingerprint density at radius 3 is 2.69 bits per heavy atom. The van der Waals surface area contributed by atoms with Crippen molar-refractivity contribution in [1.82, 2.24) is 0 Å². The van der Waals surface area contributed by atoms with Gasteiger partial charge in [-0.25, -0.2) is 0 Å². The van der Waals surface area contributed by atoms with Crippen LogP contribution in [0.3, 0.4) is 0 Å². The van der Waals surface area contributed by atoms with Crippen molar-refractivity contribution in [3.63, 3.8) is 0 Å². The molecule has 1 atom stereocenters. The van der Waals surface area contributed by atoms with Crippen LogP contribution >= 0.6 is 11.6 Å². The molecule has 0 saturated carbocycles. The fraction of sp³-hybridized carbons (Fsp3) is 0.364. The number of nitriles is 1. The SMILES string of the molecule is Cc1ccccc1CC(C#N)CCl. The van der Waals surface area contributed by atoms with Crippen molar-refractivity contribution in [2.75, 3.05) is 5.88 Å². The second-order valence-corrected chi connectivity index (χ2v) is 3.42. The molecule has 0 aliphatic rings. The lowest BCUT2D eigenvalue weighted by atomic mass is 9.98. The third-order valence-electron chi connectivity index (χ3n) is 2.10. The van der Waals surface area contributed by atoms with Crippen molar-refractivity contribution in [2.24, 2.45) is 5.92 Å². The highest BCUT2D eigenvalue weighted by Gasteiger charge is 2.07. The van der Waals surface area contributed by atoms with E-state index in [0.29, 0.717) is 5.88 Å². The van der Waals surface area contributed by atoms with E-state index < -0.39 is 0 Å². The molecule has 0 aliphatic heterocycles. The van der Waals surface area contributed by atoms with Crippen LogP contribution in [0.4, 0.5) is 0 Å². The lowest BCUT2D eigenvalue weighted by Crippen LogP contribution is -2.04. The van der Waals surface area contributed by atoms with E-state index in [-0.39, 0.29) is 5.92 Å². The van der Waals surface area contributed by atoms with Crippen LogP contribution in [0.1, 0.15) is 11.1 Å². The molecule has 0 radical (unpaired) electrons. The number of aryl methyl sites for hydroxylation is 1. The number of hydrogen-bond donors (Lipinski definition) is 0. The number of benzene rings is 1. The minimum absolute atomic E-state index is 0.0669. The summed E-state index contributed by atoms with van der Waals surface area (Å²) in [6.45, 7) is 2.05. The third-order valence-corrected chi connectivity index (χ3v) is 2.47. The average Bonchev–Trinajstić information content (AvgIpc) is 2.17. The van der Waals surface area contributed by atoms with Gasteiger partial charge in [-0.3, -0.25) is 0 Å². The minimum Gasteiger partial charge on any atom is -0.198 e. The van der Waals surface area contributed by atoms with Crippen molar-refractivity contribution < 1.29 is 0 Å². The molecule has 13 heavy (non-hydrogen) atoms. The highest BCUT2D eigenvalue weighted by Crippen LogP contribution is 2.13. The Balaban J connectivity index is 2.74. The van der Waals surface area contributed by atoms with Gasteiger partial charge < -0.3 is 0 Å². The van der Waals surface area contributed by atoms with Gasteiger partial charge in [-0.1, -0.05) is 24.3 Å². The van der Waals surface area contributed by atoms with E-state index in [1.165, 1.54) is 11.1 Å². The number of rotatable bonds is 3. The second kappa shape index (κ2) is 4.89. The number of hydrogen-bond acceptors (Lipinski definition) is 1. The summed E-state index contributed by atoms with van der Waals surface area (Å²) in [4.78, 5) is 0. The maximum atomic E-state index is 8.74. The van der Waals surface area contributed by atoms with E-state index in [9.17, 15) is 0 Å². The van der Waals surface area contributed by atoms with Gasteiger partial charge in [-0.05, 0) is 24.5 Å². The summed E-state index contributed by atoms with van der Waals surface area (Å²) in [6, 6.07) is 10.3. The first-order valence-electron chi connectivity index (χ1n) is 4.28. The Kier molecular flexibility index (Phi) is 3.79. The third kappa shape index (κ3) is 2.75. The standard InChI is InChI=1S/C11H12ClN/c1-9-4-2-3-5-11(9)6-10(7-12)8-13/h2-5,10H,6-7H2,1H3. The van der Waals surface area contributed by atoms with Crippen LogP contribution in [0.2, 0.25) is 0 Å². The monoisotopic (exact) mass is 193 g/mol. The van der Waals surface area contributed by atoms with E-state index in [4.69, 9.17) is 16.9 Å². The van der Waals surface area contributed by atoms with Crippen LogP contribution in [0, 0.1) is 24.2 Å². The van der Waals surface area contributed by atoms with E-state index >= 15 is 0 Å². The Morgan fingerprint density at radius 2 is 2.15 bits per heavy atom. The second-order valence-electron chi connectivity index (χ2n) is 3.11. The van der Waals surface area contributed by atoms with Gasteiger partial charge in [0.25, 0.3) is 0 Å². The Labute approximate surface area is 84.0 Å². The summed E-state index contributed by atoms with van der Waals surface area (Å²) < 4.78 is 0. The smallest absolute Gasteiger partial charge is 0.0671 e. The molecule has 0 N–H and O–H groups in total. The number of nitrogens with zero attached hydrogens (tertiary/aromatic N) is 1. The normalized spacial score (nSPS) is 12.1. The number of alkyl halides is 1. The van der Waals surface area contributed by atoms with Crippen LogP contribution in [-0.4, -0.2) is 5.88 Å². The van der Waals surface area contributed by atoms with Gasteiger partial charge in [0.15, 0.2) is 0 Å². The van der Waals surface area contributed by atoms with E-state index in [2.05, 4.69) is 19.1 Å². The molecule has 0 heterocycles. The van der Waals surface area contributed by atoms with Crippen LogP contribution < -0.4 is 0 Å². The molecule has 1 aromatic carbocycles. The van der Waals surface area contributed by atoms with Crippen molar-refractivity contribution in [3.8, 4) is 6.07 Å². The van der Waals surface area contributed by atoms with Crippen LogP contribution in [0.15, 0.2) is 24.3 Å². The molecule has 0 spiro atoms. The molecule has 0 aliphatic carbocycles. The van der Waals surface area contributed by atoms with Gasteiger partial charge in [-0.2, -0.15) is 5.26 Å². The van der Waals surface area contributed by atoms with Gasteiger partial charge in [0.05, 0.1) is 12.0 Å². The number of halogens is 1. The lowest BCUT2D eigenvalue weighted by Gasteiger charge is -2.07. The lowest BCUT2D eigenvalue weighted by molar-refractivity contribution is 0.743. The Hall–Kier alpha value is -1.00. The zero-order valence-corrected chi connectivity index (χ0v) is 8.38. The highest BCUT2D eigenvalue weighted by atomic mass is 35.5. The summed E-state index contributed by atoms with van der Waals surface area (Å²) in [5, 5.41) is 8.74.